The fraction of sp³-hybridized carbons (Fsp3) is 0.480. The van der Waals surface area contributed by atoms with E-state index in [2.05, 4.69) is 20.9 Å². The summed E-state index contributed by atoms with van der Waals surface area (Å²) in [5.41, 5.74) is 7.68. The third-order valence-electron chi connectivity index (χ3n) is 6.30. The number of amides is 3. The van der Waals surface area contributed by atoms with Crippen molar-refractivity contribution in [3.63, 3.8) is 0 Å². The Balaban J connectivity index is 2.12. The zero-order valence-electron chi connectivity index (χ0n) is 21.4. The summed E-state index contributed by atoms with van der Waals surface area (Å²) < 4.78 is 0. The summed E-state index contributed by atoms with van der Waals surface area (Å²) in [5.74, 6) is -6.03. The standard InChI is InChI=1S/C25H35N5O8/c1-4-12(2)20(25(37)38)29-23(35)18(10-19(32)33)28-24(36)21(13(3)31)30-22(34)16(26)9-14-11-27-17-8-6-5-7-15(14)17/h5-8,11-13,16,18,20-21,27,31H,4,9-10,26H2,1-3H3,(H,28,36)(H,29,35)(H,30,34)(H,32,33)(H,37,38). The number of carbonyl (C=O) groups excluding carboxylic acids is 3. The van der Waals surface area contributed by atoms with Gasteiger partial charge in [0.05, 0.1) is 18.6 Å². The van der Waals surface area contributed by atoms with Crippen molar-refractivity contribution >= 4 is 40.6 Å². The first-order valence-corrected chi connectivity index (χ1v) is 12.2. The number of carbonyl (C=O) groups is 5. The van der Waals surface area contributed by atoms with Crippen LogP contribution in [0.5, 0.6) is 0 Å². The Labute approximate surface area is 219 Å². The van der Waals surface area contributed by atoms with Crippen molar-refractivity contribution < 1.29 is 39.3 Å². The molecule has 9 N–H and O–H groups in total. The summed E-state index contributed by atoms with van der Waals surface area (Å²) in [5, 5.41) is 36.5. The predicted octanol–water partition coefficient (Wildman–Crippen LogP) is -0.522. The fourth-order valence-corrected chi connectivity index (χ4v) is 3.88. The second kappa shape index (κ2) is 13.5. The molecular weight excluding hydrogens is 498 g/mol. The lowest BCUT2D eigenvalue weighted by atomic mass is 9.98. The molecule has 6 atom stereocenters. The molecule has 2 aromatic rings. The maximum absolute atomic E-state index is 12.9. The summed E-state index contributed by atoms with van der Waals surface area (Å²) in [6.45, 7) is 4.55. The maximum Gasteiger partial charge on any atom is 0.326 e. The van der Waals surface area contributed by atoms with Crippen LogP contribution in [0.2, 0.25) is 0 Å². The van der Waals surface area contributed by atoms with Crippen LogP contribution in [-0.2, 0) is 30.4 Å². The van der Waals surface area contributed by atoms with E-state index in [9.17, 15) is 39.3 Å². The Morgan fingerprint density at radius 3 is 2.16 bits per heavy atom. The van der Waals surface area contributed by atoms with E-state index in [1.807, 2.05) is 24.3 Å². The van der Waals surface area contributed by atoms with E-state index in [0.29, 0.717) is 6.42 Å². The number of hydrogen-bond donors (Lipinski definition) is 8. The topological polar surface area (TPSA) is 224 Å². The van der Waals surface area contributed by atoms with Crippen molar-refractivity contribution in [1.29, 1.82) is 0 Å². The van der Waals surface area contributed by atoms with E-state index >= 15 is 0 Å². The molecular formula is C25H35N5O8. The number of nitrogens with one attached hydrogen (secondary N) is 4. The van der Waals surface area contributed by atoms with E-state index in [4.69, 9.17) is 5.73 Å². The Hall–Kier alpha value is -3.97. The van der Waals surface area contributed by atoms with Gasteiger partial charge >= 0.3 is 11.9 Å². The molecule has 208 valence electrons. The molecule has 13 nitrogen and oxygen atoms in total. The largest absolute Gasteiger partial charge is 0.481 e. The molecule has 0 aliphatic heterocycles. The lowest BCUT2D eigenvalue weighted by Gasteiger charge is -2.27. The number of aromatic nitrogens is 1. The molecule has 2 rings (SSSR count). The lowest BCUT2D eigenvalue weighted by Crippen LogP contribution is -2.60. The molecule has 1 aromatic carbocycles. The Kier molecular flexibility index (Phi) is 10.8. The molecule has 0 spiro atoms. The number of aliphatic hydroxyl groups is 1. The van der Waals surface area contributed by atoms with Crippen LogP contribution in [-0.4, -0.2) is 80.2 Å². The zero-order valence-corrected chi connectivity index (χ0v) is 21.4. The molecule has 0 bridgehead atoms. The van der Waals surface area contributed by atoms with Gasteiger partial charge in [0.2, 0.25) is 17.7 Å². The molecule has 13 heteroatoms. The minimum Gasteiger partial charge on any atom is -0.481 e. The summed E-state index contributed by atoms with van der Waals surface area (Å²) in [7, 11) is 0. The van der Waals surface area contributed by atoms with Crippen molar-refractivity contribution in [3.8, 4) is 0 Å². The Morgan fingerprint density at radius 1 is 0.947 bits per heavy atom. The highest BCUT2D eigenvalue weighted by Crippen LogP contribution is 2.19. The van der Waals surface area contributed by atoms with Crippen LogP contribution in [0.1, 0.15) is 39.2 Å². The van der Waals surface area contributed by atoms with Gasteiger partial charge < -0.3 is 42.0 Å². The molecule has 1 heterocycles. The molecule has 0 saturated carbocycles. The number of nitrogens with two attached hydrogens (primary N) is 1. The van der Waals surface area contributed by atoms with E-state index in [1.165, 1.54) is 6.92 Å². The number of para-hydroxylation sites is 1. The van der Waals surface area contributed by atoms with E-state index in [0.717, 1.165) is 16.5 Å². The highest BCUT2D eigenvalue weighted by Gasteiger charge is 2.34. The number of rotatable bonds is 14. The molecule has 6 unspecified atom stereocenters. The minimum absolute atomic E-state index is 0.125. The van der Waals surface area contributed by atoms with Crippen LogP contribution >= 0.6 is 0 Å². The van der Waals surface area contributed by atoms with Crippen LogP contribution in [0.15, 0.2) is 30.5 Å². The smallest absolute Gasteiger partial charge is 0.326 e. The first-order chi connectivity index (χ1) is 17.8. The molecule has 0 fully saturated rings. The first kappa shape index (κ1) is 30.3. The van der Waals surface area contributed by atoms with Crippen LogP contribution in [0, 0.1) is 5.92 Å². The molecule has 1 aromatic heterocycles. The number of H-pyrrole nitrogens is 1. The average Bonchev–Trinajstić information content (AvgIpc) is 3.26. The van der Waals surface area contributed by atoms with Crippen molar-refractivity contribution in [3.05, 3.63) is 36.0 Å². The van der Waals surface area contributed by atoms with Gasteiger partial charge in [-0.1, -0.05) is 38.5 Å². The summed E-state index contributed by atoms with van der Waals surface area (Å²) in [6, 6.07) is 1.79. The number of carboxylic acid groups (broad SMARTS) is 2. The van der Waals surface area contributed by atoms with Gasteiger partial charge in [0, 0.05) is 17.1 Å². The molecule has 3 amide bonds. The average molecular weight is 534 g/mol. The van der Waals surface area contributed by atoms with Crippen LogP contribution in [0.4, 0.5) is 0 Å². The first-order valence-electron chi connectivity index (χ1n) is 12.2. The third-order valence-corrected chi connectivity index (χ3v) is 6.30. The molecule has 0 aliphatic carbocycles. The van der Waals surface area contributed by atoms with Gasteiger partial charge in [-0.2, -0.15) is 0 Å². The zero-order chi connectivity index (χ0) is 28.6. The van der Waals surface area contributed by atoms with Crippen molar-refractivity contribution in [2.75, 3.05) is 0 Å². The number of fused-ring (bicyclic) bond motifs is 1. The Bertz CT molecular complexity index is 1160. The highest BCUT2D eigenvalue weighted by atomic mass is 16.4. The van der Waals surface area contributed by atoms with Crippen LogP contribution in [0.25, 0.3) is 10.9 Å². The summed E-state index contributed by atoms with van der Waals surface area (Å²) >= 11 is 0. The minimum atomic E-state index is -1.66. The summed E-state index contributed by atoms with van der Waals surface area (Å²) in [4.78, 5) is 64.4. The van der Waals surface area contributed by atoms with Crippen LogP contribution < -0.4 is 21.7 Å². The monoisotopic (exact) mass is 533 g/mol. The lowest BCUT2D eigenvalue weighted by molar-refractivity contribution is -0.145. The second-order valence-corrected chi connectivity index (χ2v) is 9.27. The Morgan fingerprint density at radius 2 is 1.58 bits per heavy atom. The number of aromatic amines is 1. The van der Waals surface area contributed by atoms with Crippen molar-refractivity contribution in [2.45, 2.75) is 70.3 Å². The van der Waals surface area contributed by atoms with Gasteiger partial charge in [-0.25, -0.2) is 4.79 Å². The van der Waals surface area contributed by atoms with Gasteiger partial charge in [-0.15, -0.1) is 0 Å². The maximum atomic E-state index is 12.9. The van der Waals surface area contributed by atoms with Crippen LogP contribution in [0.3, 0.4) is 0 Å². The fourth-order valence-electron chi connectivity index (χ4n) is 3.88. The van der Waals surface area contributed by atoms with Gasteiger partial charge in [0.15, 0.2) is 0 Å². The number of aliphatic carboxylic acids is 2. The highest BCUT2D eigenvalue weighted by molar-refractivity contribution is 5.96. The second-order valence-electron chi connectivity index (χ2n) is 9.27. The molecule has 38 heavy (non-hydrogen) atoms. The quantitative estimate of drug-likeness (QED) is 0.156. The normalized spacial score (nSPS) is 15.9. The third kappa shape index (κ3) is 8.02. The van der Waals surface area contributed by atoms with Gasteiger partial charge in [-0.3, -0.25) is 19.2 Å². The van der Waals surface area contributed by atoms with E-state index < -0.39 is 72.3 Å². The van der Waals surface area contributed by atoms with E-state index in [-0.39, 0.29) is 6.42 Å². The molecule has 0 saturated heterocycles. The predicted molar refractivity (Wildman–Crippen MR) is 137 cm³/mol. The number of benzene rings is 1. The number of aliphatic hydroxyl groups excluding tert-OH is 1. The van der Waals surface area contributed by atoms with Gasteiger partial charge in [0.1, 0.15) is 18.1 Å². The van der Waals surface area contributed by atoms with Crippen molar-refractivity contribution in [2.24, 2.45) is 11.7 Å². The van der Waals surface area contributed by atoms with Gasteiger partial charge in [-0.05, 0) is 30.9 Å². The molecule has 0 aliphatic rings. The number of carboxylic acids is 2. The van der Waals surface area contributed by atoms with Gasteiger partial charge in [0.25, 0.3) is 0 Å². The van der Waals surface area contributed by atoms with Crippen molar-refractivity contribution in [1.82, 2.24) is 20.9 Å². The number of hydrogen-bond acceptors (Lipinski definition) is 7. The molecule has 0 radical (unpaired) electrons. The summed E-state index contributed by atoms with van der Waals surface area (Å²) in [6.07, 6.45) is -0.0252. The van der Waals surface area contributed by atoms with E-state index in [1.54, 1.807) is 20.0 Å². The SMILES string of the molecule is CCC(C)C(NC(=O)C(CC(=O)O)NC(=O)C(NC(=O)C(N)Cc1c[nH]c2ccccc12)C(C)O)C(=O)O.